The fourth-order valence-electron chi connectivity index (χ4n) is 2.99. The molecule has 1 heterocycles. The molecular weight excluding hydrogens is 340 g/mol. The minimum atomic E-state index is -1.43. The van der Waals surface area contributed by atoms with Gasteiger partial charge in [0.15, 0.2) is 0 Å². The first-order valence-electron chi connectivity index (χ1n) is 7.83. The molecule has 3 N–H and O–H groups in total. The van der Waals surface area contributed by atoms with Gasteiger partial charge in [0.2, 0.25) is 5.78 Å². The van der Waals surface area contributed by atoms with E-state index in [9.17, 15) is 9.59 Å². The van der Waals surface area contributed by atoms with Crippen LogP contribution >= 0.6 is 11.6 Å². The number of carbonyl (C=O) groups is 2. The summed E-state index contributed by atoms with van der Waals surface area (Å²) in [6.45, 7) is 1.95. The number of benzene rings is 2. The maximum Gasteiger partial charge on any atom is 0.372 e. The minimum absolute atomic E-state index is 0.330. The molecule has 1 aliphatic heterocycles. The van der Waals surface area contributed by atoms with Gasteiger partial charge in [-0.05, 0) is 34.9 Å². The van der Waals surface area contributed by atoms with Crippen LogP contribution in [0.5, 0.6) is 0 Å². The topological polar surface area (TPSA) is 78.4 Å². The van der Waals surface area contributed by atoms with Crippen LogP contribution in [-0.2, 0) is 9.59 Å². The Morgan fingerprint density at radius 2 is 1.88 bits per heavy atom. The van der Waals surface area contributed by atoms with Gasteiger partial charge in [-0.1, -0.05) is 48.9 Å². The highest BCUT2D eigenvalue weighted by molar-refractivity contribution is 6.34. The van der Waals surface area contributed by atoms with Crippen molar-refractivity contribution in [2.45, 2.75) is 6.92 Å². The summed E-state index contributed by atoms with van der Waals surface area (Å²) in [5.74, 6) is -3.04. The number of nitrogens with one attached hydrogen (secondary N) is 2. The van der Waals surface area contributed by atoms with Crippen molar-refractivity contribution in [1.82, 2.24) is 5.43 Å². The van der Waals surface area contributed by atoms with Crippen molar-refractivity contribution in [3.8, 4) is 0 Å². The molecule has 0 radical (unpaired) electrons. The largest absolute Gasteiger partial charge is 0.475 e. The summed E-state index contributed by atoms with van der Waals surface area (Å²) in [4.78, 5) is 23.3. The van der Waals surface area contributed by atoms with E-state index in [1.54, 1.807) is 13.0 Å². The Bertz CT molecular complexity index is 862. The smallest absolute Gasteiger partial charge is 0.372 e. The molecule has 1 unspecified atom stereocenters. The fraction of sp³-hybridized carbons (Fsp3) is 0.158. The van der Waals surface area contributed by atoms with Crippen molar-refractivity contribution < 1.29 is 14.7 Å². The number of hydrogen-bond donors (Lipinski definition) is 3. The van der Waals surface area contributed by atoms with Crippen molar-refractivity contribution in [2.75, 3.05) is 12.0 Å². The molecule has 0 bridgehead atoms. The summed E-state index contributed by atoms with van der Waals surface area (Å²) >= 11 is 6.19. The minimum Gasteiger partial charge on any atom is -0.475 e. The van der Waals surface area contributed by atoms with E-state index >= 15 is 0 Å². The predicted octanol–water partition coefficient (Wildman–Crippen LogP) is 3.36. The zero-order valence-corrected chi connectivity index (χ0v) is 14.3. The molecule has 1 aliphatic rings. The first-order valence-corrected chi connectivity index (χ1v) is 8.21. The van der Waals surface area contributed by atoms with Crippen LogP contribution in [0.3, 0.4) is 0 Å². The van der Waals surface area contributed by atoms with Gasteiger partial charge < -0.3 is 10.5 Å². The predicted molar refractivity (Wildman–Crippen MR) is 97.3 cm³/mol. The highest BCUT2D eigenvalue weighted by Crippen LogP contribution is 2.37. The molecule has 0 saturated heterocycles. The number of carboxylic acids is 1. The van der Waals surface area contributed by atoms with Gasteiger partial charge >= 0.3 is 5.97 Å². The van der Waals surface area contributed by atoms with Gasteiger partial charge in [-0.3, -0.25) is 4.79 Å². The van der Waals surface area contributed by atoms with Gasteiger partial charge in [0, 0.05) is 23.0 Å². The monoisotopic (exact) mass is 356 g/mol. The van der Waals surface area contributed by atoms with Crippen LogP contribution < -0.4 is 10.9 Å². The lowest BCUT2D eigenvalue weighted by molar-refractivity contribution is -0.150. The molecule has 0 amide bonds. The van der Waals surface area contributed by atoms with Gasteiger partial charge in [-0.25, -0.2) is 10.2 Å². The molecule has 0 saturated carbocycles. The van der Waals surface area contributed by atoms with E-state index in [4.69, 9.17) is 16.7 Å². The number of anilines is 1. The van der Waals surface area contributed by atoms with Crippen molar-refractivity contribution in [2.24, 2.45) is 5.92 Å². The first kappa shape index (κ1) is 17.2. The van der Waals surface area contributed by atoms with Gasteiger partial charge in [-0.2, -0.15) is 0 Å². The Hall–Kier alpha value is -2.63. The number of fused-ring (bicyclic) bond motifs is 1. The number of carbonyl (C=O) groups excluding carboxylic acids is 1. The summed E-state index contributed by atoms with van der Waals surface area (Å²) in [6.07, 6.45) is 0. The van der Waals surface area contributed by atoms with Crippen LogP contribution in [0.4, 0.5) is 5.69 Å². The average molecular weight is 357 g/mol. The maximum absolute atomic E-state index is 12.1. The summed E-state index contributed by atoms with van der Waals surface area (Å²) in [7, 11) is 0. The van der Waals surface area contributed by atoms with Crippen LogP contribution in [0, 0.1) is 5.92 Å². The van der Waals surface area contributed by atoms with Crippen LogP contribution in [0.25, 0.3) is 5.57 Å². The van der Waals surface area contributed by atoms with Crippen molar-refractivity contribution in [1.29, 1.82) is 0 Å². The summed E-state index contributed by atoms with van der Waals surface area (Å²) in [5.41, 5.74) is 10.2. The zero-order valence-electron chi connectivity index (χ0n) is 13.5. The van der Waals surface area contributed by atoms with E-state index in [-0.39, 0.29) is 0 Å². The van der Waals surface area contributed by atoms with Crippen LogP contribution in [0.2, 0.25) is 5.02 Å². The summed E-state index contributed by atoms with van der Waals surface area (Å²) < 4.78 is 0. The number of hydrazine groups is 1. The maximum atomic E-state index is 12.1. The molecule has 3 rings (SSSR count). The van der Waals surface area contributed by atoms with E-state index in [0.29, 0.717) is 17.1 Å². The van der Waals surface area contributed by atoms with Crippen LogP contribution in [0.15, 0.2) is 54.1 Å². The molecule has 2 aromatic rings. The van der Waals surface area contributed by atoms with E-state index in [1.165, 1.54) is 0 Å². The number of Topliss-reactive ketones (excluding diaryl/α,β-unsaturated/α-hetero) is 1. The van der Waals surface area contributed by atoms with E-state index in [1.807, 2.05) is 42.5 Å². The van der Waals surface area contributed by atoms with Crippen molar-refractivity contribution >= 4 is 34.6 Å². The molecule has 6 heteroatoms. The third-order valence-electron chi connectivity index (χ3n) is 4.26. The van der Waals surface area contributed by atoms with Gasteiger partial charge in [0.1, 0.15) is 0 Å². The van der Waals surface area contributed by atoms with Crippen molar-refractivity contribution in [3.63, 3.8) is 0 Å². The lowest BCUT2D eigenvalue weighted by atomic mass is 9.85. The molecule has 0 fully saturated rings. The number of aliphatic carboxylic acids is 1. The molecule has 128 valence electrons. The molecule has 0 aromatic heterocycles. The second kappa shape index (κ2) is 7.09. The van der Waals surface area contributed by atoms with Crippen LogP contribution in [0.1, 0.15) is 18.1 Å². The zero-order chi connectivity index (χ0) is 18.0. The molecule has 1 atom stereocenters. The van der Waals surface area contributed by atoms with E-state index in [2.05, 4.69) is 10.9 Å². The number of halogens is 1. The Balaban J connectivity index is 2.27. The molecule has 0 spiro atoms. The van der Waals surface area contributed by atoms with Gasteiger partial charge in [-0.15, -0.1) is 0 Å². The van der Waals surface area contributed by atoms with Gasteiger partial charge in [0.05, 0.1) is 5.69 Å². The lowest BCUT2D eigenvalue weighted by Gasteiger charge is -2.18. The number of hydrogen-bond acceptors (Lipinski definition) is 4. The Labute approximate surface area is 150 Å². The molecule has 5 nitrogen and oxygen atoms in total. The summed E-state index contributed by atoms with van der Waals surface area (Å²) in [5, 5.41) is 9.68. The number of ketones is 1. The Morgan fingerprint density at radius 1 is 1.16 bits per heavy atom. The normalized spacial score (nSPS) is 15.0. The summed E-state index contributed by atoms with van der Waals surface area (Å²) in [6, 6.07) is 15.0. The van der Waals surface area contributed by atoms with E-state index < -0.39 is 17.7 Å². The number of carboxylic acid groups (broad SMARTS) is 1. The fourth-order valence-corrected chi connectivity index (χ4v) is 3.16. The Kier molecular flexibility index (Phi) is 4.88. The number of rotatable bonds is 4. The van der Waals surface area contributed by atoms with Gasteiger partial charge in [0.25, 0.3) is 0 Å². The molecular formula is C19H17ClN2O3. The van der Waals surface area contributed by atoms with E-state index in [0.717, 1.165) is 22.4 Å². The second-order valence-corrected chi connectivity index (χ2v) is 6.26. The Morgan fingerprint density at radius 3 is 2.56 bits per heavy atom. The van der Waals surface area contributed by atoms with Crippen LogP contribution in [-0.4, -0.2) is 23.4 Å². The SMILES string of the molecule is CC(C(=O)C(=O)O)C1=C(c2ccccc2)c2cc(Cl)ccc2NNC1. The standard InChI is InChI=1S/C19H17ClN2O3/c1-11(18(23)19(24)25)15-10-21-22-16-8-7-13(20)9-14(16)17(15)12-5-3-2-4-6-12/h2-9,11,21-22H,10H2,1H3,(H,24,25). The molecule has 0 aliphatic carbocycles. The quantitative estimate of drug-likeness (QED) is 0.732. The molecule has 25 heavy (non-hydrogen) atoms. The highest BCUT2D eigenvalue weighted by Gasteiger charge is 2.29. The second-order valence-electron chi connectivity index (χ2n) is 5.83. The third kappa shape index (κ3) is 3.43. The molecule has 2 aromatic carbocycles. The first-order chi connectivity index (χ1) is 12.0. The lowest BCUT2D eigenvalue weighted by Crippen LogP contribution is -2.30. The third-order valence-corrected chi connectivity index (χ3v) is 4.50. The average Bonchev–Trinajstić information content (AvgIpc) is 2.80. The highest BCUT2D eigenvalue weighted by atomic mass is 35.5. The van der Waals surface area contributed by atoms with Crippen molar-refractivity contribution in [3.05, 3.63) is 70.3 Å².